The molecule has 0 aromatic heterocycles. The number of carbonyl (C=O) groups excluding carboxylic acids is 1. The van der Waals surface area contributed by atoms with Gasteiger partial charge >= 0.3 is 0 Å². The molecule has 0 aromatic rings. The Kier molecular flexibility index (Phi) is 7.35. The summed E-state index contributed by atoms with van der Waals surface area (Å²) in [5.74, 6) is 4.73. The normalized spacial score (nSPS) is 29.3. The quantitative estimate of drug-likeness (QED) is 0.0425. The molecule has 2 fully saturated rings. The number of nitrogens with one attached hydrogen (secondary N) is 2. The van der Waals surface area contributed by atoms with Crippen molar-refractivity contribution in [1.29, 1.82) is 5.41 Å². The third kappa shape index (κ3) is 4.48. The topological polar surface area (TPSA) is 202 Å². The molecule has 0 saturated carbocycles. The summed E-state index contributed by atoms with van der Waals surface area (Å²) >= 11 is 0. The molecule has 12 nitrogen and oxygen atoms in total. The second kappa shape index (κ2) is 9.30. The molecule has 1 amide bonds. The maximum atomic E-state index is 12.7. The van der Waals surface area contributed by atoms with Gasteiger partial charge in [-0.25, -0.2) is 10.9 Å². The van der Waals surface area contributed by atoms with Gasteiger partial charge in [0.05, 0.1) is 6.61 Å². The Morgan fingerprint density at radius 2 is 1.85 bits per heavy atom. The minimum atomic E-state index is -1.55. The van der Waals surface area contributed by atoms with Crippen LogP contribution in [0.3, 0.4) is 0 Å². The number of aliphatic hydroxyl groups excluding tert-OH is 4. The van der Waals surface area contributed by atoms with E-state index in [1.165, 1.54) is 0 Å². The van der Waals surface area contributed by atoms with E-state index < -0.39 is 43.8 Å². The number of ether oxygens (including phenoxy) is 1. The highest BCUT2D eigenvalue weighted by Crippen LogP contribution is 2.23. The van der Waals surface area contributed by atoms with Gasteiger partial charge in [0.25, 0.3) is 5.91 Å². The molecule has 4 atom stereocenters. The highest BCUT2D eigenvalue weighted by atomic mass is 16.6. The van der Waals surface area contributed by atoms with E-state index in [9.17, 15) is 20.1 Å². The van der Waals surface area contributed by atoms with Gasteiger partial charge in [0.15, 0.2) is 6.23 Å². The summed E-state index contributed by atoms with van der Waals surface area (Å²) in [5, 5.41) is 49.3. The lowest BCUT2D eigenvalue weighted by molar-refractivity contribution is -0.150. The first-order chi connectivity index (χ1) is 12.8. The zero-order chi connectivity index (χ0) is 20.1. The van der Waals surface area contributed by atoms with Crippen LogP contribution in [0.5, 0.6) is 0 Å². The molecule has 154 valence electrons. The van der Waals surface area contributed by atoms with Crippen LogP contribution in [0.2, 0.25) is 0 Å². The molecule has 0 bridgehead atoms. The standard InChI is InChI=1S/C15H28N6O6/c16-9(13(17)20-4-2-1-3-5-20)10(19-7-23)14(26)21(18)15-12(25)11(24)8(6-22)27-15/h8,11-12,15,17,19,22-25H,1-7,16,18H2/b10-9+,17-13?. The molecule has 4 unspecified atom stereocenters. The van der Waals surface area contributed by atoms with Crippen molar-refractivity contribution in [2.45, 2.75) is 43.8 Å². The van der Waals surface area contributed by atoms with Crippen molar-refractivity contribution in [3.05, 3.63) is 11.4 Å². The number of amides is 1. The zero-order valence-corrected chi connectivity index (χ0v) is 14.9. The van der Waals surface area contributed by atoms with Crippen molar-refractivity contribution >= 4 is 11.7 Å². The zero-order valence-electron chi connectivity index (χ0n) is 14.9. The summed E-state index contributed by atoms with van der Waals surface area (Å²) in [6.07, 6.45) is -2.66. The highest BCUT2D eigenvalue weighted by molar-refractivity contribution is 6.04. The molecule has 2 saturated heterocycles. The van der Waals surface area contributed by atoms with E-state index in [-0.39, 0.29) is 17.2 Å². The molecule has 0 aliphatic carbocycles. The van der Waals surface area contributed by atoms with Gasteiger partial charge in [0.2, 0.25) is 0 Å². The van der Waals surface area contributed by atoms with Crippen molar-refractivity contribution in [1.82, 2.24) is 15.2 Å². The first kappa shape index (κ1) is 21.3. The largest absolute Gasteiger partial charge is 0.394 e. The number of hydrogen-bond donors (Lipinski definition) is 8. The van der Waals surface area contributed by atoms with E-state index in [4.69, 9.17) is 26.8 Å². The van der Waals surface area contributed by atoms with Gasteiger partial charge in [0.1, 0.15) is 42.3 Å². The molecule has 2 aliphatic heterocycles. The van der Waals surface area contributed by atoms with Crippen LogP contribution >= 0.6 is 0 Å². The molecule has 10 N–H and O–H groups in total. The van der Waals surface area contributed by atoms with Crippen molar-refractivity contribution in [2.75, 3.05) is 26.4 Å². The number of nitrogens with zero attached hydrogens (tertiary/aromatic N) is 2. The Balaban J connectivity index is 2.21. The van der Waals surface area contributed by atoms with Crippen LogP contribution < -0.4 is 16.9 Å². The number of hydrogen-bond acceptors (Lipinski definition) is 10. The summed E-state index contributed by atoms with van der Waals surface area (Å²) < 4.78 is 5.22. The lowest BCUT2D eigenvalue weighted by Crippen LogP contribution is -2.54. The fraction of sp³-hybridized carbons (Fsp3) is 0.733. The average Bonchev–Trinajstić information content (AvgIpc) is 2.98. The van der Waals surface area contributed by atoms with Crippen molar-refractivity contribution in [3.63, 3.8) is 0 Å². The van der Waals surface area contributed by atoms with Crippen LogP contribution in [0.25, 0.3) is 0 Å². The summed E-state index contributed by atoms with van der Waals surface area (Å²) in [6, 6.07) is 0. The number of likely N-dealkylation sites (tertiary alicyclic amines) is 1. The molecular formula is C15H28N6O6. The molecule has 0 spiro atoms. The number of nitrogens with two attached hydrogens (primary N) is 2. The van der Waals surface area contributed by atoms with Gasteiger partial charge in [-0.3, -0.25) is 10.2 Å². The maximum absolute atomic E-state index is 12.7. The molecular weight excluding hydrogens is 360 g/mol. The van der Waals surface area contributed by atoms with Crippen molar-refractivity contribution in [2.24, 2.45) is 11.6 Å². The second-order valence-corrected chi connectivity index (χ2v) is 6.46. The molecule has 12 heteroatoms. The number of piperidine rings is 1. The monoisotopic (exact) mass is 388 g/mol. The number of aliphatic hydroxyl groups is 4. The molecule has 2 aliphatic rings. The molecule has 2 rings (SSSR count). The van der Waals surface area contributed by atoms with E-state index in [0.717, 1.165) is 19.3 Å². The summed E-state index contributed by atoms with van der Waals surface area (Å²) in [4.78, 5) is 14.5. The van der Waals surface area contributed by atoms with E-state index in [2.05, 4.69) is 5.32 Å². The van der Waals surface area contributed by atoms with E-state index in [0.29, 0.717) is 18.1 Å². The van der Waals surface area contributed by atoms with Crippen molar-refractivity contribution < 1.29 is 30.0 Å². The molecule has 2 heterocycles. The first-order valence-corrected chi connectivity index (χ1v) is 8.72. The van der Waals surface area contributed by atoms with Crippen molar-refractivity contribution in [3.8, 4) is 0 Å². The minimum absolute atomic E-state index is 0.0754. The van der Waals surface area contributed by atoms with Crippen LogP contribution in [0, 0.1) is 5.41 Å². The predicted octanol–water partition coefficient (Wildman–Crippen LogP) is -3.70. The van der Waals surface area contributed by atoms with E-state index >= 15 is 0 Å². The predicted molar refractivity (Wildman–Crippen MR) is 93.4 cm³/mol. The Morgan fingerprint density at radius 1 is 1.22 bits per heavy atom. The molecule has 0 aromatic carbocycles. The van der Waals surface area contributed by atoms with Crippen LogP contribution in [0.4, 0.5) is 0 Å². The smallest absolute Gasteiger partial charge is 0.288 e. The van der Waals surface area contributed by atoms with Crippen LogP contribution in [-0.4, -0.2) is 93.0 Å². The van der Waals surface area contributed by atoms with Gasteiger partial charge in [-0.2, -0.15) is 0 Å². The first-order valence-electron chi connectivity index (χ1n) is 8.72. The van der Waals surface area contributed by atoms with Crippen LogP contribution in [-0.2, 0) is 9.53 Å². The second-order valence-electron chi connectivity index (χ2n) is 6.46. The summed E-state index contributed by atoms with van der Waals surface area (Å²) in [7, 11) is 0. The SMILES string of the molecule is N=C(/C(N)=C(\NCO)C(=O)N(N)C1OC(CO)C(O)C1O)N1CCCCC1. The fourth-order valence-electron chi connectivity index (χ4n) is 3.13. The van der Waals surface area contributed by atoms with Gasteiger partial charge in [-0.1, -0.05) is 0 Å². The number of hydrazine groups is 1. The van der Waals surface area contributed by atoms with E-state index in [1.54, 1.807) is 4.90 Å². The third-order valence-corrected chi connectivity index (χ3v) is 4.69. The van der Waals surface area contributed by atoms with Crippen LogP contribution in [0.1, 0.15) is 19.3 Å². The molecule has 0 radical (unpaired) electrons. The fourth-order valence-corrected chi connectivity index (χ4v) is 3.13. The molecule has 27 heavy (non-hydrogen) atoms. The Bertz CT molecular complexity index is 581. The van der Waals surface area contributed by atoms with E-state index in [1.807, 2.05) is 0 Å². The van der Waals surface area contributed by atoms with Gasteiger partial charge in [-0.15, -0.1) is 0 Å². The van der Waals surface area contributed by atoms with Crippen LogP contribution in [0.15, 0.2) is 11.4 Å². The number of amidine groups is 1. The summed E-state index contributed by atoms with van der Waals surface area (Å²) in [5.41, 5.74) is 5.44. The third-order valence-electron chi connectivity index (χ3n) is 4.69. The number of carbonyl (C=O) groups is 1. The Hall–Kier alpha value is -1.96. The lowest BCUT2D eigenvalue weighted by Gasteiger charge is -2.31. The van der Waals surface area contributed by atoms with Gasteiger partial charge in [0, 0.05) is 13.1 Å². The summed E-state index contributed by atoms with van der Waals surface area (Å²) in [6.45, 7) is 0.0392. The lowest BCUT2D eigenvalue weighted by atomic mass is 10.1. The van der Waals surface area contributed by atoms with Gasteiger partial charge in [-0.05, 0) is 19.3 Å². The highest BCUT2D eigenvalue weighted by Gasteiger charge is 2.46. The van der Waals surface area contributed by atoms with Gasteiger partial charge < -0.3 is 41.1 Å². The Morgan fingerprint density at radius 3 is 2.37 bits per heavy atom. The Labute approximate surface area is 156 Å². The maximum Gasteiger partial charge on any atom is 0.288 e. The number of rotatable bonds is 6. The minimum Gasteiger partial charge on any atom is -0.394 e. The average molecular weight is 388 g/mol.